The Morgan fingerprint density at radius 3 is 3.00 bits per heavy atom. The molecular formula is C5H4ClN3. The van der Waals surface area contributed by atoms with E-state index in [1.165, 1.54) is 5.01 Å². The monoisotopic (exact) mass is 141 g/mol. The van der Waals surface area contributed by atoms with Gasteiger partial charge in [0, 0.05) is 6.20 Å². The smallest absolute Gasteiger partial charge is 0.204 e. The largest absolute Gasteiger partial charge is 0.274 e. The second kappa shape index (κ2) is 2.42. The summed E-state index contributed by atoms with van der Waals surface area (Å²) in [6, 6.07) is 0. The second-order valence-electron chi connectivity index (χ2n) is 1.44. The normalized spacial score (nSPS) is 16.0. The molecule has 0 aromatic rings. The maximum atomic E-state index is 8.29. The van der Waals surface area contributed by atoms with E-state index in [-0.39, 0.29) is 0 Å². The van der Waals surface area contributed by atoms with Gasteiger partial charge in [-0.2, -0.15) is 10.3 Å². The Labute approximate surface area is 57.8 Å². The Morgan fingerprint density at radius 1 is 1.78 bits per heavy atom. The van der Waals surface area contributed by atoms with E-state index in [0.717, 1.165) is 0 Å². The Kier molecular flexibility index (Phi) is 1.61. The summed E-state index contributed by atoms with van der Waals surface area (Å²) in [6.45, 7) is 0. The van der Waals surface area contributed by atoms with Gasteiger partial charge in [0.1, 0.15) is 5.16 Å². The molecule has 1 heterocycles. The molecule has 1 aliphatic rings. The fraction of sp³-hybridized carbons (Fsp3) is 0. The minimum absolute atomic E-state index is 0.444. The first kappa shape index (κ1) is 5.99. The number of hydrogen-bond acceptors (Lipinski definition) is 3. The molecule has 0 saturated carbocycles. The number of rotatable bonds is 0. The summed E-state index contributed by atoms with van der Waals surface area (Å²) in [5.74, 6) is 0. The third-order valence-electron chi connectivity index (χ3n) is 0.813. The zero-order chi connectivity index (χ0) is 6.69. The number of nitrogens with zero attached hydrogens (tertiary/aromatic N) is 2. The van der Waals surface area contributed by atoms with Crippen molar-refractivity contribution in [1.29, 1.82) is 5.26 Å². The van der Waals surface area contributed by atoms with Gasteiger partial charge >= 0.3 is 0 Å². The van der Waals surface area contributed by atoms with E-state index < -0.39 is 0 Å². The molecule has 0 spiro atoms. The molecule has 1 aliphatic heterocycles. The van der Waals surface area contributed by atoms with Gasteiger partial charge in [-0.25, -0.2) is 0 Å². The summed E-state index contributed by atoms with van der Waals surface area (Å²) in [5, 5.41) is 9.94. The van der Waals surface area contributed by atoms with Crippen LogP contribution in [0.4, 0.5) is 0 Å². The molecule has 0 aromatic carbocycles. The summed E-state index contributed by atoms with van der Waals surface area (Å²) >= 11 is 5.50. The van der Waals surface area contributed by atoms with Gasteiger partial charge in [-0.05, 0) is 12.2 Å². The Bertz CT molecular complexity index is 201. The molecule has 9 heavy (non-hydrogen) atoms. The molecule has 1 N–H and O–H groups in total. The van der Waals surface area contributed by atoms with Gasteiger partial charge < -0.3 is 0 Å². The third kappa shape index (κ3) is 1.37. The van der Waals surface area contributed by atoms with Crippen LogP contribution in [-0.2, 0) is 0 Å². The quantitative estimate of drug-likeness (QED) is 0.402. The maximum Gasteiger partial charge on any atom is 0.204 e. The van der Waals surface area contributed by atoms with Crippen molar-refractivity contribution in [3.63, 3.8) is 0 Å². The lowest BCUT2D eigenvalue weighted by molar-refractivity contribution is 0.438. The molecule has 0 unspecified atom stereocenters. The molecular weight excluding hydrogens is 138 g/mol. The van der Waals surface area contributed by atoms with Crippen LogP contribution in [0.5, 0.6) is 0 Å². The lowest BCUT2D eigenvalue weighted by Crippen LogP contribution is -2.27. The number of halogens is 1. The van der Waals surface area contributed by atoms with Crippen LogP contribution in [0.3, 0.4) is 0 Å². The third-order valence-corrected chi connectivity index (χ3v) is 1.02. The standard InChI is InChI=1S/C5H4ClN3/c6-5-2-1-3-9(4-7)8-5/h1-3,8H. The van der Waals surface area contributed by atoms with Crippen LogP contribution in [0.1, 0.15) is 0 Å². The Hall–Kier alpha value is -1.14. The van der Waals surface area contributed by atoms with Crippen LogP contribution in [0.2, 0.25) is 0 Å². The topological polar surface area (TPSA) is 39.1 Å². The van der Waals surface area contributed by atoms with E-state index in [1.54, 1.807) is 18.4 Å². The molecule has 1 rings (SSSR count). The Morgan fingerprint density at radius 2 is 2.56 bits per heavy atom. The van der Waals surface area contributed by atoms with Gasteiger partial charge in [0.25, 0.3) is 0 Å². The molecule has 0 saturated heterocycles. The lowest BCUT2D eigenvalue weighted by atomic mass is 10.5. The molecule has 0 aliphatic carbocycles. The van der Waals surface area contributed by atoms with Crippen molar-refractivity contribution >= 4 is 11.6 Å². The van der Waals surface area contributed by atoms with Crippen molar-refractivity contribution in [2.45, 2.75) is 0 Å². The van der Waals surface area contributed by atoms with Crippen LogP contribution in [0.25, 0.3) is 0 Å². The zero-order valence-electron chi connectivity index (χ0n) is 4.50. The lowest BCUT2D eigenvalue weighted by Gasteiger charge is -2.14. The van der Waals surface area contributed by atoms with Crippen molar-refractivity contribution in [2.75, 3.05) is 0 Å². The summed E-state index contributed by atoms with van der Waals surface area (Å²) in [6.07, 6.45) is 6.76. The zero-order valence-corrected chi connectivity index (χ0v) is 5.26. The van der Waals surface area contributed by atoms with Crippen molar-refractivity contribution in [3.05, 3.63) is 23.5 Å². The number of nitrogens with one attached hydrogen (secondary N) is 1. The van der Waals surface area contributed by atoms with Gasteiger partial charge in [0.05, 0.1) is 0 Å². The molecule has 0 amide bonds. The molecule has 46 valence electrons. The number of allylic oxidation sites excluding steroid dienone is 2. The van der Waals surface area contributed by atoms with Crippen molar-refractivity contribution < 1.29 is 0 Å². The van der Waals surface area contributed by atoms with Gasteiger partial charge in [0.15, 0.2) is 0 Å². The molecule has 3 nitrogen and oxygen atoms in total. The first-order valence-corrected chi connectivity index (χ1v) is 2.70. The summed E-state index contributed by atoms with van der Waals surface area (Å²) in [7, 11) is 0. The van der Waals surface area contributed by atoms with E-state index >= 15 is 0 Å². The molecule has 0 fully saturated rings. The molecule has 4 heteroatoms. The van der Waals surface area contributed by atoms with Gasteiger partial charge in [-0.1, -0.05) is 11.6 Å². The highest BCUT2D eigenvalue weighted by atomic mass is 35.5. The van der Waals surface area contributed by atoms with Crippen LogP contribution < -0.4 is 5.43 Å². The second-order valence-corrected chi connectivity index (χ2v) is 1.85. The fourth-order valence-corrected chi connectivity index (χ4v) is 0.625. The predicted molar refractivity (Wildman–Crippen MR) is 33.7 cm³/mol. The summed E-state index contributed by atoms with van der Waals surface area (Å²) < 4.78 is 0. The fourth-order valence-electron chi connectivity index (χ4n) is 0.462. The van der Waals surface area contributed by atoms with Gasteiger partial charge in [-0.3, -0.25) is 5.43 Å². The van der Waals surface area contributed by atoms with Crippen molar-refractivity contribution in [2.24, 2.45) is 0 Å². The molecule has 0 radical (unpaired) electrons. The number of nitriles is 1. The minimum Gasteiger partial charge on any atom is -0.274 e. The number of hydrogen-bond donors (Lipinski definition) is 1. The number of hydrazine groups is 1. The van der Waals surface area contributed by atoms with Crippen molar-refractivity contribution in [3.8, 4) is 6.19 Å². The average Bonchev–Trinajstić information content (AvgIpc) is 1.88. The minimum atomic E-state index is 0.444. The highest BCUT2D eigenvalue weighted by Crippen LogP contribution is 2.02. The van der Waals surface area contributed by atoms with E-state index in [1.807, 2.05) is 6.19 Å². The summed E-state index contributed by atoms with van der Waals surface area (Å²) in [4.78, 5) is 0. The van der Waals surface area contributed by atoms with Crippen LogP contribution >= 0.6 is 11.6 Å². The maximum absolute atomic E-state index is 8.29. The first-order valence-electron chi connectivity index (χ1n) is 2.32. The first-order chi connectivity index (χ1) is 4.33. The van der Waals surface area contributed by atoms with E-state index in [9.17, 15) is 0 Å². The van der Waals surface area contributed by atoms with Crippen LogP contribution in [-0.4, -0.2) is 5.01 Å². The predicted octanol–water partition coefficient (Wildman–Crippen LogP) is 0.882. The highest BCUT2D eigenvalue weighted by molar-refractivity contribution is 6.29. The molecule has 0 bridgehead atoms. The summed E-state index contributed by atoms with van der Waals surface area (Å²) in [5.41, 5.74) is 2.58. The van der Waals surface area contributed by atoms with E-state index in [4.69, 9.17) is 16.9 Å². The van der Waals surface area contributed by atoms with E-state index in [2.05, 4.69) is 5.43 Å². The van der Waals surface area contributed by atoms with Gasteiger partial charge in [-0.15, -0.1) is 0 Å². The van der Waals surface area contributed by atoms with Gasteiger partial charge in [0.2, 0.25) is 6.19 Å². The van der Waals surface area contributed by atoms with Crippen LogP contribution in [0.15, 0.2) is 23.5 Å². The molecule has 0 aromatic heterocycles. The van der Waals surface area contributed by atoms with E-state index in [0.29, 0.717) is 5.16 Å². The average molecular weight is 142 g/mol. The highest BCUT2D eigenvalue weighted by Gasteiger charge is 1.99. The molecule has 0 atom stereocenters. The van der Waals surface area contributed by atoms with Crippen molar-refractivity contribution in [1.82, 2.24) is 10.4 Å². The SMILES string of the molecule is N#CN1C=CC=C(Cl)N1. The van der Waals surface area contributed by atoms with Crippen LogP contribution in [0, 0.1) is 11.5 Å². The Balaban J connectivity index is 2.64.